The zero-order chi connectivity index (χ0) is 11.0. The zero-order valence-electron chi connectivity index (χ0n) is 9.65. The van der Waals surface area contributed by atoms with Crippen molar-refractivity contribution in [2.75, 3.05) is 0 Å². The number of hydrogen-bond donors (Lipinski definition) is 2. The van der Waals surface area contributed by atoms with Crippen LogP contribution in [0, 0.1) is 0 Å². The molecule has 0 bridgehead atoms. The minimum Gasteiger partial charge on any atom is -0.328 e. The largest absolute Gasteiger partial charge is 0.328 e. The number of benzene rings is 1. The van der Waals surface area contributed by atoms with Crippen molar-refractivity contribution in [2.45, 2.75) is 50.2 Å². The molecule has 2 aliphatic rings. The molecule has 0 radical (unpaired) electrons. The van der Waals surface area contributed by atoms with E-state index in [2.05, 4.69) is 29.6 Å². The first kappa shape index (κ1) is 10.3. The van der Waals surface area contributed by atoms with Gasteiger partial charge in [-0.25, -0.2) is 0 Å². The molecule has 16 heavy (non-hydrogen) atoms. The Hall–Kier alpha value is -0.860. The van der Waals surface area contributed by atoms with Gasteiger partial charge in [0.25, 0.3) is 0 Å². The van der Waals surface area contributed by atoms with Crippen molar-refractivity contribution in [3.05, 3.63) is 35.4 Å². The second-order valence-electron chi connectivity index (χ2n) is 5.30. The smallest absolute Gasteiger partial charge is 0.0113 e. The molecular formula is C14H20N2. The van der Waals surface area contributed by atoms with E-state index in [0.29, 0.717) is 18.1 Å². The summed E-state index contributed by atoms with van der Waals surface area (Å²) in [6, 6.07) is 10.7. The minimum atomic E-state index is 0.452. The topological polar surface area (TPSA) is 38.0 Å². The van der Waals surface area contributed by atoms with E-state index in [1.54, 1.807) is 5.56 Å². The van der Waals surface area contributed by atoms with Crippen LogP contribution in [0.3, 0.4) is 0 Å². The normalized spacial score (nSPS) is 32.9. The molecule has 1 unspecified atom stereocenters. The first-order valence-corrected chi connectivity index (χ1v) is 6.39. The Balaban J connectivity index is 1.60. The second-order valence-corrected chi connectivity index (χ2v) is 5.30. The van der Waals surface area contributed by atoms with Crippen LogP contribution in [-0.4, -0.2) is 18.1 Å². The number of rotatable bonds is 2. The van der Waals surface area contributed by atoms with Crippen molar-refractivity contribution in [1.29, 1.82) is 0 Å². The standard InChI is InChI=1S/C14H20N2/c15-12-8-14(9-12)16-13-6-5-10-3-1-2-4-11(10)7-13/h1-4,12-14,16H,5-9,15H2. The third kappa shape index (κ3) is 2.00. The predicted octanol–water partition coefficient (Wildman–Crippen LogP) is 1.62. The molecule has 1 aromatic rings. The van der Waals surface area contributed by atoms with Gasteiger partial charge in [-0.15, -0.1) is 0 Å². The second kappa shape index (κ2) is 4.19. The highest BCUT2D eigenvalue weighted by molar-refractivity contribution is 5.30. The van der Waals surface area contributed by atoms with E-state index in [4.69, 9.17) is 5.73 Å². The van der Waals surface area contributed by atoms with Gasteiger partial charge in [0.15, 0.2) is 0 Å². The van der Waals surface area contributed by atoms with Crippen molar-refractivity contribution >= 4 is 0 Å². The van der Waals surface area contributed by atoms with Gasteiger partial charge >= 0.3 is 0 Å². The van der Waals surface area contributed by atoms with Crippen molar-refractivity contribution in [3.63, 3.8) is 0 Å². The molecule has 2 aliphatic carbocycles. The fourth-order valence-corrected chi connectivity index (χ4v) is 2.97. The molecule has 0 saturated heterocycles. The first-order valence-electron chi connectivity index (χ1n) is 6.39. The monoisotopic (exact) mass is 216 g/mol. The summed E-state index contributed by atoms with van der Waals surface area (Å²) in [5.41, 5.74) is 8.89. The third-order valence-corrected chi connectivity index (χ3v) is 3.99. The van der Waals surface area contributed by atoms with Crippen LogP contribution in [0.25, 0.3) is 0 Å². The molecule has 3 N–H and O–H groups in total. The van der Waals surface area contributed by atoms with Crippen LogP contribution in [0.5, 0.6) is 0 Å². The number of nitrogens with two attached hydrogens (primary N) is 1. The molecular weight excluding hydrogens is 196 g/mol. The van der Waals surface area contributed by atoms with Gasteiger partial charge in [-0.3, -0.25) is 0 Å². The van der Waals surface area contributed by atoms with E-state index in [9.17, 15) is 0 Å². The van der Waals surface area contributed by atoms with Crippen LogP contribution < -0.4 is 11.1 Å². The number of hydrogen-bond acceptors (Lipinski definition) is 2. The molecule has 1 aromatic carbocycles. The summed E-state index contributed by atoms with van der Waals surface area (Å²) < 4.78 is 0. The van der Waals surface area contributed by atoms with Gasteiger partial charge < -0.3 is 11.1 Å². The molecule has 2 heteroatoms. The molecule has 1 saturated carbocycles. The molecule has 3 rings (SSSR count). The average Bonchev–Trinajstić information content (AvgIpc) is 2.27. The molecule has 0 heterocycles. The Morgan fingerprint density at radius 3 is 2.56 bits per heavy atom. The van der Waals surface area contributed by atoms with Crippen molar-refractivity contribution in [3.8, 4) is 0 Å². The quantitative estimate of drug-likeness (QED) is 0.788. The highest BCUT2D eigenvalue weighted by atomic mass is 15.0. The van der Waals surface area contributed by atoms with Gasteiger partial charge in [0.2, 0.25) is 0 Å². The zero-order valence-corrected chi connectivity index (χ0v) is 9.65. The Kier molecular flexibility index (Phi) is 2.70. The van der Waals surface area contributed by atoms with Crippen molar-refractivity contribution in [1.82, 2.24) is 5.32 Å². The van der Waals surface area contributed by atoms with Crippen LogP contribution in [0.2, 0.25) is 0 Å². The Bertz CT molecular complexity index is 369. The molecule has 1 fully saturated rings. The molecule has 86 valence electrons. The SMILES string of the molecule is NC1CC(NC2CCc3ccccc3C2)C1. The summed E-state index contributed by atoms with van der Waals surface area (Å²) in [4.78, 5) is 0. The molecule has 1 atom stereocenters. The number of aryl methyl sites for hydroxylation is 1. The first-order chi connectivity index (χ1) is 7.81. The Labute approximate surface area is 97.2 Å². The predicted molar refractivity (Wildman–Crippen MR) is 66.4 cm³/mol. The maximum Gasteiger partial charge on any atom is 0.0113 e. The van der Waals surface area contributed by atoms with Crippen LogP contribution in [0.15, 0.2) is 24.3 Å². The van der Waals surface area contributed by atoms with Crippen molar-refractivity contribution in [2.24, 2.45) is 5.73 Å². The summed E-state index contributed by atoms with van der Waals surface area (Å²) in [5.74, 6) is 0. The third-order valence-electron chi connectivity index (χ3n) is 3.99. The van der Waals surface area contributed by atoms with E-state index in [0.717, 1.165) is 12.8 Å². The van der Waals surface area contributed by atoms with E-state index >= 15 is 0 Å². The van der Waals surface area contributed by atoms with Gasteiger partial charge in [-0.1, -0.05) is 24.3 Å². The highest BCUT2D eigenvalue weighted by Gasteiger charge is 2.28. The maximum absolute atomic E-state index is 5.81. The van der Waals surface area contributed by atoms with Crippen LogP contribution in [-0.2, 0) is 12.8 Å². The molecule has 0 spiro atoms. The summed E-state index contributed by atoms with van der Waals surface area (Å²) >= 11 is 0. The lowest BCUT2D eigenvalue weighted by Crippen LogP contribution is -2.52. The van der Waals surface area contributed by atoms with E-state index in [1.165, 1.54) is 24.8 Å². The van der Waals surface area contributed by atoms with E-state index in [1.807, 2.05) is 0 Å². The Morgan fingerprint density at radius 2 is 1.81 bits per heavy atom. The fraction of sp³-hybridized carbons (Fsp3) is 0.571. The van der Waals surface area contributed by atoms with Gasteiger partial charge in [0.05, 0.1) is 0 Å². The lowest BCUT2D eigenvalue weighted by atomic mass is 9.84. The number of fused-ring (bicyclic) bond motifs is 1. The minimum absolute atomic E-state index is 0.452. The molecule has 2 nitrogen and oxygen atoms in total. The van der Waals surface area contributed by atoms with E-state index < -0.39 is 0 Å². The molecule has 0 aromatic heterocycles. The molecule has 0 amide bonds. The maximum atomic E-state index is 5.81. The number of nitrogens with one attached hydrogen (secondary N) is 1. The van der Waals surface area contributed by atoms with Gasteiger partial charge in [0.1, 0.15) is 0 Å². The summed E-state index contributed by atoms with van der Waals surface area (Å²) in [7, 11) is 0. The molecule has 0 aliphatic heterocycles. The Morgan fingerprint density at radius 1 is 1.06 bits per heavy atom. The fourth-order valence-electron chi connectivity index (χ4n) is 2.97. The van der Waals surface area contributed by atoms with Gasteiger partial charge in [-0.2, -0.15) is 0 Å². The van der Waals surface area contributed by atoms with Gasteiger partial charge in [-0.05, 0) is 43.2 Å². The summed E-state index contributed by atoms with van der Waals surface area (Å²) in [6.45, 7) is 0. The lowest BCUT2D eigenvalue weighted by molar-refractivity contribution is 0.256. The van der Waals surface area contributed by atoms with Crippen LogP contribution in [0.1, 0.15) is 30.4 Å². The van der Waals surface area contributed by atoms with Crippen LogP contribution in [0.4, 0.5) is 0 Å². The van der Waals surface area contributed by atoms with E-state index in [-0.39, 0.29) is 0 Å². The average molecular weight is 216 g/mol. The van der Waals surface area contributed by atoms with Gasteiger partial charge in [0, 0.05) is 18.1 Å². The lowest BCUT2D eigenvalue weighted by Gasteiger charge is -2.37. The summed E-state index contributed by atoms with van der Waals surface area (Å²) in [6.07, 6.45) is 6.04. The van der Waals surface area contributed by atoms with Crippen molar-refractivity contribution < 1.29 is 0 Å². The summed E-state index contributed by atoms with van der Waals surface area (Å²) in [5, 5.41) is 3.75. The highest BCUT2D eigenvalue weighted by Crippen LogP contribution is 2.24. The van der Waals surface area contributed by atoms with Crippen LogP contribution >= 0.6 is 0 Å².